The molecule has 4 heteroatoms. The van der Waals surface area contributed by atoms with E-state index >= 15 is 0 Å². The second-order valence-corrected chi connectivity index (χ2v) is 4.24. The van der Waals surface area contributed by atoms with Crippen LogP contribution in [0.1, 0.15) is 43.2 Å². The van der Waals surface area contributed by atoms with Gasteiger partial charge in [-0.25, -0.2) is 4.98 Å². The quantitative estimate of drug-likeness (QED) is 0.808. The lowest BCUT2D eigenvalue weighted by Gasteiger charge is -2.20. The number of rotatable bonds is 2. The molecule has 1 fully saturated rings. The molecule has 0 radical (unpaired) electrons. The summed E-state index contributed by atoms with van der Waals surface area (Å²) < 4.78 is 11.1. The van der Waals surface area contributed by atoms with Crippen LogP contribution < -0.4 is 5.32 Å². The van der Waals surface area contributed by atoms with Crippen molar-refractivity contribution in [2.45, 2.75) is 32.7 Å². The standard InChI is InChI=1S/C11H18N2O2/c1-7(2)10-8(3)13-11(15-10)9-6-14-5-4-12-9/h7,9,12H,4-6H2,1-3H3. The predicted molar refractivity (Wildman–Crippen MR) is 56.9 cm³/mol. The van der Waals surface area contributed by atoms with Crippen molar-refractivity contribution in [3.63, 3.8) is 0 Å². The molecule has 0 aliphatic carbocycles. The molecule has 1 aliphatic rings. The van der Waals surface area contributed by atoms with Crippen molar-refractivity contribution in [3.8, 4) is 0 Å². The Kier molecular flexibility index (Phi) is 3.07. The molecule has 4 nitrogen and oxygen atoms in total. The molecular formula is C11H18N2O2. The average Bonchev–Trinajstić information content (AvgIpc) is 2.62. The Morgan fingerprint density at radius 3 is 2.80 bits per heavy atom. The number of morpholine rings is 1. The van der Waals surface area contributed by atoms with Gasteiger partial charge in [-0.05, 0) is 6.92 Å². The molecule has 0 aromatic carbocycles. The Balaban J connectivity index is 2.17. The summed E-state index contributed by atoms with van der Waals surface area (Å²) in [5.74, 6) is 2.13. The number of ether oxygens (including phenoxy) is 1. The lowest BCUT2D eigenvalue weighted by atomic mass is 10.1. The van der Waals surface area contributed by atoms with Gasteiger partial charge in [0.2, 0.25) is 5.89 Å². The molecule has 0 spiro atoms. The zero-order chi connectivity index (χ0) is 10.8. The van der Waals surface area contributed by atoms with E-state index in [1.807, 2.05) is 6.92 Å². The van der Waals surface area contributed by atoms with Gasteiger partial charge in [-0.3, -0.25) is 0 Å². The van der Waals surface area contributed by atoms with Gasteiger partial charge < -0.3 is 14.5 Å². The fourth-order valence-electron chi connectivity index (χ4n) is 1.84. The summed E-state index contributed by atoms with van der Waals surface area (Å²) in [6.07, 6.45) is 0. The molecular weight excluding hydrogens is 192 g/mol. The zero-order valence-electron chi connectivity index (χ0n) is 9.54. The van der Waals surface area contributed by atoms with Crippen LogP contribution in [0.25, 0.3) is 0 Å². The molecule has 0 bridgehead atoms. The number of aromatic nitrogens is 1. The van der Waals surface area contributed by atoms with E-state index in [0.29, 0.717) is 12.5 Å². The molecule has 1 atom stereocenters. The van der Waals surface area contributed by atoms with Crippen LogP contribution in [-0.4, -0.2) is 24.7 Å². The molecule has 1 aliphatic heterocycles. The summed E-state index contributed by atoms with van der Waals surface area (Å²) in [6, 6.07) is 0.116. The maximum Gasteiger partial charge on any atom is 0.214 e. The Morgan fingerprint density at radius 1 is 1.47 bits per heavy atom. The van der Waals surface area contributed by atoms with Crippen LogP contribution in [-0.2, 0) is 4.74 Å². The van der Waals surface area contributed by atoms with Crippen molar-refractivity contribution in [1.82, 2.24) is 10.3 Å². The van der Waals surface area contributed by atoms with Gasteiger partial charge in [0.05, 0.1) is 18.9 Å². The van der Waals surface area contributed by atoms with Crippen LogP contribution in [0.5, 0.6) is 0 Å². The lowest BCUT2D eigenvalue weighted by molar-refractivity contribution is 0.0676. The van der Waals surface area contributed by atoms with Crippen molar-refractivity contribution >= 4 is 0 Å². The van der Waals surface area contributed by atoms with E-state index in [9.17, 15) is 0 Å². The first-order valence-corrected chi connectivity index (χ1v) is 5.47. The van der Waals surface area contributed by atoms with Gasteiger partial charge >= 0.3 is 0 Å². The van der Waals surface area contributed by atoms with E-state index in [1.165, 1.54) is 0 Å². The average molecular weight is 210 g/mol. The summed E-state index contributed by atoms with van der Waals surface area (Å²) in [4.78, 5) is 4.45. The summed E-state index contributed by atoms with van der Waals surface area (Å²) in [6.45, 7) is 8.50. The summed E-state index contributed by atoms with van der Waals surface area (Å²) in [7, 11) is 0. The SMILES string of the molecule is Cc1nc(C2COCCN2)oc1C(C)C. The van der Waals surface area contributed by atoms with Crippen LogP contribution >= 0.6 is 0 Å². The first kappa shape index (κ1) is 10.6. The maximum atomic E-state index is 5.76. The number of oxazole rings is 1. The van der Waals surface area contributed by atoms with Gasteiger partial charge in [0.15, 0.2) is 0 Å². The van der Waals surface area contributed by atoms with Gasteiger partial charge in [0, 0.05) is 12.5 Å². The van der Waals surface area contributed by atoms with Crippen LogP contribution in [0.3, 0.4) is 0 Å². The minimum absolute atomic E-state index is 0.116. The molecule has 15 heavy (non-hydrogen) atoms. The van der Waals surface area contributed by atoms with Crippen molar-refractivity contribution in [2.24, 2.45) is 0 Å². The fourth-order valence-corrected chi connectivity index (χ4v) is 1.84. The van der Waals surface area contributed by atoms with E-state index in [1.54, 1.807) is 0 Å². The normalized spacial score (nSPS) is 22.3. The largest absolute Gasteiger partial charge is 0.443 e. The molecule has 2 heterocycles. The predicted octanol–water partition coefficient (Wildman–Crippen LogP) is 1.77. The van der Waals surface area contributed by atoms with E-state index in [2.05, 4.69) is 24.1 Å². The van der Waals surface area contributed by atoms with Crippen LogP contribution in [0.2, 0.25) is 0 Å². The van der Waals surface area contributed by atoms with Crippen LogP contribution in [0.15, 0.2) is 4.42 Å². The number of hydrogen-bond donors (Lipinski definition) is 1. The number of nitrogens with one attached hydrogen (secondary N) is 1. The molecule has 1 aromatic heterocycles. The number of aryl methyl sites for hydroxylation is 1. The monoisotopic (exact) mass is 210 g/mol. The third kappa shape index (κ3) is 2.21. The minimum Gasteiger partial charge on any atom is -0.443 e. The lowest BCUT2D eigenvalue weighted by Crippen LogP contribution is -2.34. The molecule has 2 rings (SSSR count). The van der Waals surface area contributed by atoms with Gasteiger partial charge in [-0.1, -0.05) is 13.8 Å². The van der Waals surface area contributed by atoms with E-state index in [4.69, 9.17) is 9.15 Å². The van der Waals surface area contributed by atoms with Crippen LogP contribution in [0.4, 0.5) is 0 Å². The third-order valence-electron chi connectivity index (χ3n) is 2.59. The number of hydrogen-bond acceptors (Lipinski definition) is 4. The molecule has 0 saturated carbocycles. The van der Waals surface area contributed by atoms with E-state index in [-0.39, 0.29) is 6.04 Å². The Bertz CT molecular complexity index is 327. The highest BCUT2D eigenvalue weighted by Crippen LogP contribution is 2.24. The smallest absolute Gasteiger partial charge is 0.214 e. The molecule has 1 N–H and O–H groups in total. The molecule has 1 saturated heterocycles. The van der Waals surface area contributed by atoms with Gasteiger partial charge in [0.1, 0.15) is 11.8 Å². The zero-order valence-corrected chi connectivity index (χ0v) is 9.54. The first-order chi connectivity index (χ1) is 7.18. The van der Waals surface area contributed by atoms with Gasteiger partial charge in [-0.15, -0.1) is 0 Å². The minimum atomic E-state index is 0.116. The first-order valence-electron chi connectivity index (χ1n) is 5.47. The Hall–Kier alpha value is -0.870. The van der Waals surface area contributed by atoms with Crippen molar-refractivity contribution in [3.05, 3.63) is 17.3 Å². The van der Waals surface area contributed by atoms with Crippen LogP contribution in [0, 0.1) is 6.92 Å². The second-order valence-electron chi connectivity index (χ2n) is 4.24. The molecule has 1 unspecified atom stereocenters. The highest BCUT2D eigenvalue weighted by atomic mass is 16.5. The second kappa shape index (κ2) is 4.33. The Labute approximate surface area is 90.0 Å². The topological polar surface area (TPSA) is 47.3 Å². The molecule has 84 valence electrons. The third-order valence-corrected chi connectivity index (χ3v) is 2.59. The summed E-state index contributed by atoms with van der Waals surface area (Å²) in [5.41, 5.74) is 0.993. The Morgan fingerprint density at radius 2 is 2.27 bits per heavy atom. The van der Waals surface area contributed by atoms with Crippen molar-refractivity contribution in [1.29, 1.82) is 0 Å². The molecule has 1 aromatic rings. The highest BCUT2D eigenvalue weighted by molar-refractivity contribution is 5.13. The van der Waals surface area contributed by atoms with Crippen molar-refractivity contribution < 1.29 is 9.15 Å². The maximum absolute atomic E-state index is 5.76. The van der Waals surface area contributed by atoms with E-state index in [0.717, 1.165) is 30.5 Å². The summed E-state index contributed by atoms with van der Waals surface area (Å²) in [5, 5.41) is 3.33. The number of nitrogens with zero attached hydrogens (tertiary/aromatic N) is 1. The summed E-state index contributed by atoms with van der Waals surface area (Å²) >= 11 is 0. The van der Waals surface area contributed by atoms with Gasteiger partial charge in [-0.2, -0.15) is 0 Å². The van der Waals surface area contributed by atoms with Gasteiger partial charge in [0.25, 0.3) is 0 Å². The highest BCUT2D eigenvalue weighted by Gasteiger charge is 2.22. The van der Waals surface area contributed by atoms with E-state index < -0.39 is 0 Å². The molecule has 0 amide bonds. The fraction of sp³-hybridized carbons (Fsp3) is 0.727. The van der Waals surface area contributed by atoms with Crippen molar-refractivity contribution in [2.75, 3.05) is 19.8 Å².